The Morgan fingerprint density at radius 3 is 2.54 bits per heavy atom. The second kappa shape index (κ2) is 12.3. The van der Waals surface area contributed by atoms with Gasteiger partial charge in [-0.15, -0.1) is 0 Å². The standard InChI is InChI=1S/C30H41N3O6/c1-5-18-38-28(36)32-21-30(15-13-29(3,4)14-16-30)19-24(32)31-33-17-12-23(34)26(25(33)27(35)37-6-2)39-20-22-10-8-7-9-11-22/h5,7-12,17,23-24,31,34H,1,6,13-16,18-21H2,2-4H3. The van der Waals surface area contributed by atoms with Crippen LogP contribution < -0.4 is 5.43 Å². The molecule has 9 heteroatoms. The van der Waals surface area contributed by atoms with Crippen molar-refractivity contribution in [1.82, 2.24) is 15.3 Å². The molecule has 1 aromatic carbocycles. The van der Waals surface area contributed by atoms with Crippen molar-refractivity contribution in [2.45, 2.75) is 71.8 Å². The van der Waals surface area contributed by atoms with Crippen molar-refractivity contribution < 1.29 is 28.9 Å². The number of nitrogens with one attached hydrogen (secondary N) is 1. The van der Waals surface area contributed by atoms with Crippen molar-refractivity contribution in [1.29, 1.82) is 0 Å². The first-order chi connectivity index (χ1) is 18.7. The van der Waals surface area contributed by atoms with Gasteiger partial charge < -0.3 is 19.3 Å². The summed E-state index contributed by atoms with van der Waals surface area (Å²) in [5.74, 6) is -0.551. The maximum absolute atomic E-state index is 13.2. The van der Waals surface area contributed by atoms with Gasteiger partial charge in [0.25, 0.3) is 0 Å². The fourth-order valence-corrected chi connectivity index (χ4v) is 5.54. The van der Waals surface area contributed by atoms with E-state index in [1.54, 1.807) is 24.1 Å². The van der Waals surface area contributed by atoms with Gasteiger partial charge in [-0.1, -0.05) is 56.8 Å². The molecule has 1 amide bonds. The zero-order valence-corrected chi connectivity index (χ0v) is 23.2. The first-order valence-corrected chi connectivity index (χ1v) is 13.7. The number of benzene rings is 1. The van der Waals surface area contributed by atoms with E-state index in [4.69, 9.17) is 14.2 Å². The van der Waals surface area contributed by atoms with Crippen molar-refractivity contribution >= 4 is 12.1 Å². The third kappa shape index (κ3) is 6.83. The monoisotopic (exact) mass is 539 g/mol. The Kier molecular flexibility index (Phi) is 9.02. The van der Waals surface area contributed by atoms with Gasteiger partial charge in [0.2, 0.25) is 0 Å². The minimum absolute atomic E-state index is 0.0418. The SMILES string of the molecule is C=CCOC(=O)N1CC2(CCC(C)(C)CC2)CC1NN1C=CC(O)C(OCc2ccccc2)=C1C(=O)OCC. The maximum atomic E-state index is 13.2. The van der Waals surface area contributed by atoms with Crippen LogP contribution in [-0.2, 0) is 25.6 Å². The number of esters is 1. The molecular formula is C30H41N3O6. The molecule has 1 saturated heterocycles. The molecule has 1 aromatic rings. The largest absolute Gasteiger partial charge is 0.488 e. The van der Waals surface area contributed by atoms with Gasteiger partial charge in [0, 0.05) is 12.7 Å². The second-order valence-electron chi connectivity index (χ2n) is 11.4. The van der Waals surface area contributed by atoms with Crippen LogP contribution in [0.4, 0.5) is 4.79 Å². The molecule has 39 heavy (non-hydrogen) atoms. The lowest BCUT2D eigenvalue weighted by Crippen LogP contribution is -2.52. The molecule has 9 nitrogen and oxygen atoms in total. The van der Waals surface area contributed by atoms with E-state index in [9.17, 15) is 14.7 Å². The van der Waals surface area contributed by atoms with Gasteiger partial charge in [-0.05, 0) is 61.5 Å². The highest BCUT2D eigenvalue weighted by molar-refractivity contribution is 5.89. The van der Waals surface area contributed by atoms with E-state index < -0.39 is 24.3 Å². The Morgan fingerprint density at radius 1 is 1.15 bits per heavy atom. The van der Waals surface area contributed by atoms with Crippen molar-refractivity contribution in [3.05, 3.63) is 72.3 Å². The van der Waals surface area contributed by atoms with Crippen molar-refractivity contribution in [3.8, 4) is 0 Å². The van der Waals surface area contributed by atoms with Gasteiger partial charge >= 0.3 is 12.1 Å². The number of carbonyl (C=O) groups excluding carboxylic acids is 2. The smallest absolute Gasteiger partial charge is 0.411 e. The summed E-state index contributed by atoms with van der Waals surface area (Å²) in [4.78, 5) is 28.0. The Morgan fingerprint density at radius 2 is 1.87 bits per heavy atom. The highest BCUT2D eigenvalue weighted by Crippen LogP contribution is 2.51. The normalized spacial score (nSPS) is 23.6. The first-order valence-electron chi connectivity index (χ1n) is 13.7. The molecule has 1 saturated carbocycles. The van der Waals surface area contributed by atoms with Gasteiger partial charge in [-0.25, -0.2) is 15.0 Å². The van der Waals surface area contributed by atoms with Crippen LogP contribution in [0.3, 0.4) is 0 Å². The zero-order valence-electron chi connectivity index (χ0n) is 23.2. The lowest BCUT2D eigenvalue weighted by Gasteiger charge is -2.41. The number of aliphatic hydroxyl groups excluding tert-OH is 1. The van der Waals surface area contributed by atoms with E-state index in [1.165, 1.54) is 11.1 Å². The minimum Gasteiger partial charge on any atom is -0.488 e. The fourth-order valence-electron chi connectivity index (χ4n) is 5.54. The molecule has 0 radical (unpaired) electrons. The Bertz CT molecular complexity index is 1090. The average Bonchev–Trinajstić information content (AvgIpc) is 3.28. The molecule has 0 aromatic heterocycles. The molecule has 4 rings (SSSR count). The van der Waals surface area contributed by atoms with E-state index in [2.05, 4.69) is 25.9 Å². The number of rotatable bonds is 9. The van der Waals surface area contributed by atoms with Crippen LogP contribution in [0.1, 0.15) is 58.4 Å². The van der Waals surface area contributed by atoms with Gasteiger partial charge in [0.15, 0.2) is 11.5 Å². The molecule has 1 spiro atoms. The van der Waals surface area contributed by atoms with Gasteiger partial charge in [-0.2, -0.15) is 0 Å². The minimum atomic E-state index is -1.13. The number of hydrazine groups is 1. The summed E-state index contributed by atoms with van der Waals surface area (Å²) < 4.78 is 16.8. The molecule has 2 atom stereocenters. The summed E-state index contributed by atoms with van der Waals surface area (Å²) in [5.41, 5.74) is 4.53. The Labute approximate surface area is 231 Å². The quantitative estimate of drug-likeness (QED) is 0.347. The molecule has 2 heterocycles. The number of carbonyl (C=O) groups is 2. The van der Waals surface area contributed by atoms with Crippen LogP contribution in [0.15, 0.2) is 66.7 Å². The lowest BCUT2D eigenvalue weighted by molar-refractivity contribution is -0.141. The summed E-state index contributed by atoms with van der Waals surface area (Å²) in [6.07, 6.45) is 7.52. The highest BCUT2D eigenvalue weighted by atomic mass is 16.6. The third-order valence-electron chi connectivity index (χ3n) is 7.89. The number of nitrogens with zero attached hydrogens (tertiary/aromatic N) is 2. The molecule has 1 aliphatic carbocycles. The predicted octanol–water partition coefficient (Wildman–Crippen LogP) is 4.61. The van der Waals surface area contributed by atoms with Crippen molar-refractivity contribution in [2.24, 2.45) is 10.8 Å². The van der Waals surface area contributed by atoms with E-state index >= 15 is 0 Å². The van der Waals surface area contributed by atoms with E-state index in [0.717, 1.165) is 31.2 Å². The molecule has 2 unspecified atom stereocenters. The van der Waals surface area contributed by atoms with Crippen molar-refractivity contribution in [3.63, 3.8) is 0 Å². The molecule has 2 aliphatic heterocycles. The van der Waals surface area contributed by atoms with E-state index in [-0.39, 0.29) is 42.1 Å². The van der Waals surface area contributed by atoms with Crippen LogP contribution in [0.5, 0.6) is 0 Å². The van der Waals surface area contributed by atoms with Crippen LogP contribution in [0, 0.1) is 10.8 Å². The maximum Gasteiger partial charge on any atom is 0.411 e. The number of amides is 1. The van der Waals surface area contributed by atoms with Gasteiger partial charge in [0.1, 0.15) is 25.5 Å². The Balaban J connectivity index is 1.60. The van der Waals surface area contributed by atoms with Crippen LogP contribution >= 0.6 is 0 Å². The van der Waals surface area contributed by atoms with E-state index in [0.29, 0.717) is 13.0 Å². The van der Waals surface area contributed by atoms with Crippen LogP contribution in [0.25, 0.3) is 0 Å². The molecule has 0 bridgehead atoms. The molecule has 3 aliphatic rings. The van der Waals surface area contributed by atoms with E-state index in [1.807, 2.05) is 30.3 Å². The number of hydrogen-bond donors (Lipinski definition) is 2. The summed E-state index contributed by atoms with van der Waals surface area (Å²) in [6.45, 7) is 10.9. The summed E-state index contributed by atoms with van der Waals surface area (Å²) in [6, 6.07) is 9.51. The van der Waals surface area contributed by atoms with Gasteiger partial charge in [0.05, 0.1) is 6.61 Å². The summed E-state index contributed by atoms with van der Waals surface area (Å²) in [7, 11) is 0. The first kappa shape index (κ1) is 28.7. The second-order valence-corrected chi connectivity index (χ2v) is 11.4. The van der Waals surface area contributed by atoms with Crippen molar-refractivity contribution in [2.75, 3.05) is 19.8 Å². The summed E-state index contributed by atoms with van der Waals surface area (Å²) >= 11 is 0. The zero-order chi connectivity index (χ0) is 28.0. The van der Waals surface area contributed by atoms with Gasteiger partial charge in [-0.3, -0.25) is 9.91 Å². The third-order valence-corrected chi connectivity index (χ3v) is 7.89. The summed E-state index contributed by atoms with van der Waals surface area (Å²) in [5, 5.41) is 12.3. The predicted molar refractivity (Wildman–Crippen MR) is 146 cm³/mol. The Hall–Kier alpha value is -3.30. The molecule has 2 fully saturated rings. The molecule has 212 valence electrons. The molecule has 2 N–H and O–H groups in total. The highest BCUT2D eigenvalue weighted by Gasteiger charge is 2.50. The average molecular weight is 540 g/mol. The van der Waals surface area contributed by atoms with Crippen LogP contribution in [-0.4, -0.2) is 59.1 Å². The molecular weight excluding hydrogens is 498 g/mol. The number of aliphatic hydroxyl groups is 1. The number of ether oxygens (including phenoxy) is 3. The number of hydrogen-bond acceptors (Lipinski definition) is 8. The fraction of sp³-hybridized carbons (Fsp3) is 0.533. The lowest BCUT2D eigenvalue weighted by atomic mass is 9.64. The number of likely N-dealkylation sites (tertiary alicyclic amines) is 1. The topological polar surface area (TPSA) is 101 Å². The van der Waals surface area contributed by atoms with Crippen LogP contribution in [0.2, 0.25) is 0 Å².